The maximum absolute atomic E-state index is 12.9. The Balaban J connectivity index is 1.52. The molecule has 2 N–H and O–H groups in total. The average molecular weight is 349 g/mol. The van der Waals surface area contributed by atoms with Crippen LogP contribution in [0.4, 0.5) is 10.2 Å². The Bertz CT molecular complexity index is 859. The van der Waals surface area contributed by atoms with E-state index in [1.165, 1.54) is 23.9 Å². The molecule has 1 aromatic heterocycles. The molecule has 26 heavy (non-hydrogen) atoms. The van der Waals surface area contributed by atoms with Crippen molar-refractivity contribution in [2.24, 2.45) is 0 Å². The zero-order chi connectivity index (χ0) is 18.4. The number of amides is 1. The molecule has 5 heteroatoms. The number of hydrogen-bond donors (Lipinski definition) is 2. The van der Waals surface area contributed by atoms with Gasteiger partial charge in [0.25, 0.3) is 5.91 Å². The highest BCUT2D eigenvalue weighted by molar-refractivity contribution is 5.94. The number of carbonyl (C=O) groups excluding carboxylic acids is 1. The van der Waals surface area contributed by atoms with Crippen molar-refractivity contribution in [3.63, 3.8) is 0 Å². The van der Waals surface area contributed by atoms with Crippen LogP contribution in [0.15, 0.2) is 66.9 Å². The Morgan fingerprint density at radius 2 is 1.58 bits per heavy atom. The first-order valence-corrected chi connectivity index (χ1v) is 8.38. The summed E-state index contributed by atoms with van der Waals surface area (Å²) in [6.07, 6.45) is 1.54. The van der Waals surface area contributed by atoms with Crippen molar-refractivity contribution >= 4 is 11.7 Å². The van der Waals surface area contributed by atoms with Crippen molar-refractivity contribution in [2.45, 2.75) is 20.0 Å². The number of pyridine rings is 1. The minimum atomic E-state index is -0.257. The van der Waals surface area contributed by atoms with E-state index in [4.69, 9.17) is 0 Å². The zero-order valence-electron chi connectivity index (χ0n) is 14.5. The summed E-state index contributed by atoms with van der Waals surface area (Å²) in [7, 11) is 0. The molecular weight excluding hydrogens is 329 g/mol. The van der Waals surface area contributed by atoms with Crippen LogP contribution in [0.5, 0.6) is 0 Å². The minimum Gasteiger partial charge on any atom is -0.366 e. The molecule has 2 aromatic carbocycles. The normalized spacial score (nSPS) is 10.4. The molecule has 3 aromatic rings. The lowest BCUT2D eigenvalue weighted by molar-refractivity contribution is 0.0950. The van der Waals surface area contributed by atoms with E-state index in [2.05, 4.69) is 15.6 Å². The molecule has 1 amide bonds. The molecule has 0 fully saturated rings. The van der Waals surface area contributed by atoms with Gasteiger partial charge in [-0.1, -0.05) is 42.0 Å². The maximum atomic E-state index is 12.9. The van der Waals surface area contributed by atoms with Gasteiger partial charge in [-0.2, -0.15) is 0 Å². The molecule has 0 bridgehead atoms. The fraction of sp³-hybridized carbons (Fsp3) is 0.143. The van der Waals surface area contributed by atoms with Gasteiger partial charge in [0.15, 0.2) is 0 Å². The van der Waals surface area contributed by atoms with Crippen LogP contribution in [0.25, 0.3) is 0 Å². The standard InChI is InChI=1S/C21H20FN3O/c1-15-2-4-16(5-3-15)13-25-21(26)18-8-11-20(24-14-18)23-12-17-6-9-19(22)10-7-17/h2-11,14H,12-13H2,1H3,(H,23,24)(H,25,26). The summed E-state index contributed by atoms with van der Waals surface area (Å²) in [5.41, 5.74) is 3.69. The van der Waals surface area contributed by atoms with Crippen LogP contribution >= 0.6 is 0 Å². The molecule has 132 valence electrons. The second-order valence-corrected chi connectivity index (χ2v) is 6.08. The SMILES string of the molecule is Cc1ccc(CNC(=O)c2ccc(NCc3ccc(F)cc3)nc2)cc1. The summed E-state index contributed by atoms with van der Waals surface area (Å²) in [5.74, 6) is 0.237. The van der Waals surface area contributed by atoms with Gasteiger partial charge < -0.3 is 10.6 Å². The molecule has 0 saturated carbocycles. The fourth-order valence-corrected chi connectivity index (χ4v) is 2.42. The van der Waals surface area contributed by atoms with Crippen LogP contribution in [0.1, 0.15) is 27.0 Å². The van der Waals surface area contributed by atoms with Crippen molar-refractivity contribution in [3.05, 3.63) is 94.9 Å². The van der Waals surface area contributed by atoms with Gasteiger partial charge in [-0.15, -0.1) is 0 Å². The van der Waals surface area contributed by atoms with Gasteiger partial charge >= 0.3 is 0 Å². The molecule has 3 rings (SSSR count). The number of nitrogens with one attached hydrogen (secondary N) is 2. The summed E-state index contributed by atoms with van der Waals surface area (Å²) >= 11 is 0. The van der Waals surface area contributed by atoms with Crippen LogP contribution < -0.4 is 10.6 Å². The van der Waals surface area contributed by atoms with Gasteiger partial charge in [0, 0.05) is 19.3 Å². The number of aromatic nitrogens is 1. The van der Waals surface area contributed by atoms with E-state index in [1.54, 1.807) is 24.3 Å². The Labute approximate surface area is 152 Å². The summed E-state index contributed by atoms with van der Waals surface area (Å²) in [5, 5.41) is 6.03. The molecule has 0 unspecified atom stereocenters. The van der Waals surface area contributed by atoms with E-state index < -0.39 is 0 Å². The fourth-order valence-electron chi connectivity index (χ4n) is 2.42. The number of hydrogen-bond acceptors (Lipinski definition) is 3. The van der Waals surface area contributed by atoms with Crippen LogP contribution in [-0.2, 0) is 13.1 Å². The highest BCUT2D eigenvalue weighted by atomic mass is 19.1. The van der Waals surface area contributed by atoms with Gasteiger partial charge in [-0.3, -0.25) is 4.79 Å². The van der Waals surface area contributed by atoms with Gasteiger partial charge in [0.05, 0.1) is 5.56 Å². The Morgan fingerprint density at radius 1 is 0.923 bits per heavy atom. The van der Waals surface area contributed by atoms with Crippen molar-refractivity contribution in [1.29, 1.82) is 0 Å². The van der Waals surface area contributed by atoms with E-state index in [0.29, 0.717) is 24.5 Å². The summed E-state index contributed by atoms with van der Waals surface area (Å²) in [6, 6.07) is 17.8. The summed E-state index contributed by atoms with van der Waals surface area (Å²) < 4.78 is 12.9. The molecule has 0 aliphatic rings. The highest BCUT2D eigenvalue weighted by Gasteiger charge is 2.06. The second kappa shape index (κ2) is 8.25. The lowest BCUT2D eigenvalue weighted by Crippen LogP contribution is -2.22. The molecule has 0 saturated heterocycles. The Hall–Kier alpha value is -3.21. The third-order valence-corrected chi connectivity index (χ3v) is 3.99. The van der Waals surface area contributed by atoms with Gasteiger partial charge in [0.2, 0.25) is 0 Å². The monoisotopic (exact) mass is 349 g/mol. The molecule has 0 atom stereocenters. The quantitative estimate of drug-likeness (QED) is 0.705. The van der Waals surface area contributed by atoms with Crippen LogP contribution in [0, 0.1) is 12.7 Å². The first-order valence-electron chi connectivity index (χ1n) is 8.38. The van der Waals surface area contributed by atoms with Gasteiger partial charge in [-0.25, -0.2) is 9.37 Å². The topological polar surface area (TPSA) is 54.0 Å². The molecular formula is C21H20FN3O. The Kier molecular flexibility index (Phi) is 5.59. The number of anilines is 1. The van der Waals surface area contributed by atoms with Crippen LogP contribution in [-0.4, -0.2) is 10.9 Å². The highest BCUT2D eigenvalue weighted by Crippen LogP contribution is 2.09. The van der Waals surface area contributed by atoms with Gasteiger partial charge in [-0.05, 0) is 42.3 Å². The maximum Gasteiger partial charge on any atom is 0.253 e. The lowest BCUT2D eigenvalue weighted by Gasteiger charge is -2.08. The predicted octanol–water partition coefficient (Wildman–Crippen LogP) is 4.07. The summed E-state index contributed by atoms with van der Waals surface area (Å²) in [6.45, 7) is 3.04. The first-order chi connectivity index (χ1) is 12.6. The Morgan fingerprint density at radius 3 is 2.23 bits per heavy atom. The van der Waals surface area contributed by atoms with E-state index in [0.717, 1.165) is 11.1 Å². The lowest BCUT2D eigenvalue weighted by atomic mass is 10.1. The number of rotatable bonds is 6. The van der Waals surface area contributed by atoms with Crippen molar-refractivity contribution < 1.29 is 9.18 Å². The van der Waals surface area contributed by atoms with Crippen LogP contribution in [0.3, 0.4) is 0 Å². The van der Waals surface area contributed by atoms with Crippen molar-refractivity contribution in [3.8, 4) is 0 Å². The molecule has 0 spiro atoms. The van der Waals surface area contributed by atoms with Gasteiger partial charge in [0.1, 0.15) is 11.6 Å². The number of benzene rings is 2. The second-order valence-electron chi connectivity index (χ2n) is 6.08. The van der Waals surface area contributed by atoms with E-state index in [-0.39, 0.29) is 11.7 Å². The third kappa shape index (κ3) is 4.89. The number of aryl methyl sites for hydroxylation is 1. The van der Waals surface area contributed by atoms with E-state index in [1.807, 2.05) is 31.2 Å². The first kappa shape index (κ1) is 17.6. The molecule has 0 aliphatic heterocycles. The van der Waals surface area contributed by atoms with Crippen molar-refractivity contribution in [2.75, 3.05) is 5.32 Å². The van der Waals surface area contributed by atoms with Crippen LogP contribution in [0.2, 0.25) is 0 Å². The largest absolute Gasteiger partial charge is 0.366 e. The smallest absolute Gasteiger partial charge is 0.253 e. The van der Waals surface area contributed by atoms with Crippen molar-refractivity contribution in [1.82, 2.24) is 10.3 Å². The third-order valence-electron chi connectivity index (χ3n) is 3.99. The summed E-state index contributed by atoms with van der Waals surface area (Å²) in [4.78, 5) is 16.5. The van der Waals surface area contributed by atoms with E-state index in [9.17, 15) is 9.18 Å². The molecule has 1 heterocycles. The average Bonchev–Trinajstić information content (AvgIpc) is 2.67. The molecule has 0 radical (unpaired) electrons. The predicted molar refractivity (Wildman–Crippen MR) is 100 cm³/mol. The zero-order valence-corrected chi connectivity index (χ0v) is 14.5. The number of carbonyl (C=O) groups is 1. The number of nitrogens with zero attached hydrogens (tertiary/aromatic N) is 1. The minimum absolute atomic E-state index is 0.164. The van der Waals surface area contributed by atoms with E-state index >= 15 is 0 Å². The molecule has 4 nitrogen and oxygen atoms in total. The molecule has 0 aliphatic carbocycles. The number of halogens is 1.